The SMILES string of the molecule is Cc1cc(C(=O)NCCCn2cnc(-c3cccc(Nc4ncnc5ccccc45)c3)c2)ccc1-c1c2cc/c(=[N+](/C)CCCS(=O)(=O)[O-])cc-2oc2cc(N(C)C)ccc12. The Bertz CT molecular complexity index is 3060. The molecule has 0 saturated heterocycles. The molecular formula is C47H46N8O5S. The molecule has 1 aliphatic carbocycles. The summed E-state index contributed by atoms with van der Waals surface area (Å²) in [5.41, 5.74) is 9.64. The summed E-state index contributed by atoms with van der Waals surface area (Å²) in [6.45, 7) is 3.58. The fraction of sp³-hybridized carbons (Fsp3) is 0.213. The van der Waals surface area contributed by atoms with Crippen molar-refractivity contribution in [3.8, 4) is 33.7 Å². The van der Waals surface area contributed by atoms with Crippen molar-refractivity contribution in [2.75, 3.05) is 50.2 Å². The molecule has 2 aromatic heterocycles. The number of aryl methyl sites for hydroxylation is 2. The first-order valence-corrected chi connectivity index (χ1v) is 21.6. The Morgan fingerprint density at radius 1 is 0.885 bits per heavy atom. The lowest BCUT2D eigenvalue weighted by Crippen LogP contribution is -2.28. The maximum absolute atomic E-state index is 13.4. The van der Waals surface area contributed by atoms with Gasteiger partial charge >= 0.3 is 0 Å². The summed E-state index contributed by atoms with van der Waals surface area (Å²) in [6, 6.07) is 33.8. The summed E-state index contributed by atoms with van der Waals surface area (Å²) >= 11 is 0. The average Bonchev–Trinajstić information content (AvgIpc) is 3.73. The van der Waals surface area contributed by atoms with E-state index in [1.807, 2.05) is 146 Å². The largest absolute Gasteiger partial charge is 0.748 e. The van der Waals surface area contributed by atoms with Gasteiger partial charge < -0.3 is 29.1 Å². The van der Waals surface area contributed by atoms with E-state index < -0.39 is 15.9 Å². The monoisotopic (exact) mass is 834 g/mol. The smallest absolute Gasteiger partial charge is 0.251 e. The molecule has 0 saturated carbocycles. The van der Waals surface area contributed by atoms with Crippen molar-refractivity contribution < 1.29 is 22.2 Å². The van der Waals surface area contributed by atoms with Gasteiger partial charge in [-0.25, -0.2) is 27.9 Å². The Labute approximate surface area is 354 Å². The number of rotatable bonds is 14. The maximum Gasteiger partial charge on any atom is 0.251 e. The fourth-order valence-corrected chi connectivity index (χ4v) is 8.04. The van der Waals surface area contributed by atoms with Gasteiger partial charge in [-0.3, -0.25) is 4.79 Å². The van der Waals surface area contributed by atoms with Crippen LogP contribution in [0, 0.1) is 6.92 Å². The summed E-state index contributed by atoms with van der Waals surface area (Å²) in [7, 11) is 1.52. The highest BCUT2D eigenvalue weighted by atomic mass is 32.2. The van der Waals surface area contributed by atoms with Gasteiger partial charge in [0.1, 0.15) is 37.1 Å². The number of fused-ring (bicyclic) bond motifs is 3. The quantitative estimate of drug-likeness (QED) is 0.0493. The Balaban J connectivity index is 0.949. The van der Waals surface area contributed by atoms with Crippen LogP contribution in [0.4, 0.5) is 17.2 Å². The van der Waals surface area contributed by atoms with Crippen LogP contribution in [0.5, 0.6) is 0 Å². The molecule has 4 aromatic carbocycles. The molecule has 2 aliphatic rings. The average molecular weight is 835 g/mol. The number of para-hydroxylation sites is 1. The lowest BCUT2D eigenvalue weighted by atomic mass is 9.90. The zero-order chi connectivity index (χ0) is 42.7. The van der Waals surface area contributed by atoms with E-state index in [4.69, 9.17) is 4.42 Å². The van der Waals surface area contributed by atoms with E-state index >= 15 is 0 Å². The summed E-state index contributed by atoms with van der Waals surface area (Å²) < 4.78 is 44.0. The van der Waals surface area contributed by atoms with Crippen molar-refractivity contribution in [1.29, 1.82) is 0 Å². The highest BCUT2D eigenvalue weighted by molar-refractivity contribution is 7.85. The number of nitrogens with one attached hydrogen (secondary N) is 2. The minimum Gasteiger partial charge on any atom is -0.748 e. The van der Waals surface area contributed by atoms with Gasteiger partial charge in [0.05, 0.1) is 33.7 Å². The van der Waals surface area contributed by atoms with Gasteiger partial charge in [0.15, 0.2) is 0 Å². The molecule has 61 heavy (non-hydrogen) atoms. The molecular weight excluding hydrogens is 789 g/mol. The summed E-state index contributed by atoms with van der Waals surface area (Å²) in [4.78, 5) is 28.9. The molecule has 1 amide bonds. The minimum absolute atomic E-state index is 0.146. The number of hydrogen-bond donors (Lipinski definition) is 2. The topological polar surface area (TPSA) is 161 Å². The zero-order valence-electron chi connectivity index (χ0n) is 34.4. The van der Waals surface area contributed by atoms with E-state index in [2.05, 4.69) is 37.7 Å². The minimum atomic E-state index is -4.29. The first-order chi connectivity index (χ1) is 29.4. The molecule has 2 N–H and O–H groups in total. The molecule has 0 fully saturated rings. The van der Waals surface area contributed by atoms with Crippen molar-refractivity contribution in [3.63, 3.8) is 0 Å². The number of amides is 1. The number of carbonyl (C=O) groups is 1. The Hall–Kier alpha value is -6.90. The van der Waals surface area contributed by atoms with Crippen molar-refractivity contribution in [3.05, 3.63) is 138 Å². The molecule has 6 aromatic rings. The Kier molecular flexibility index (Phi) is 11.6. The van der Waals surface area contributed by atoms with Crippen LogP contribution in [0.25, 0.3) is 55.6 Å². The van der Waals surface area contributed by atoms with Gasteiger partial charge in [0, 0.05) is 102 Å². The molecule has 0 spiro atoms. The molecule has 0 bridgehead atoms. The van der Waals surface area contributed by atoms with E-state index in [1.165, 1.54) is 0 Å². The third-order valence-corrected chi connectivity index (χ3v) is 11.6. The Morgan fingerprint density at radius 2 is 1.72 bits per heavy atom. The zero-order valence-corrected chi connectivity index (χ0v) is 35.2. The summed E-state index contributed by atoms with van der Waals surface area (Å²) in [6.07, 6.45) is 6.32. The van der Waals surface area contributed by atoms with Crippen LogP contribution in [0.1, 0.15) is 28.8 Å². The standard InChI is InChI=1S/C47H46N8O5S/c1-31-24-33(47(56)48-20-8-22-55-28-42(51-30-55)32-10-7-11-34(25-32)52-46-38-12-5-6-13-41(38)49-29-50-46)14-17-37(31)45-39-18-15-35(53(2)3)26-43(39)60-44-27-36(16-19-40(44)45)54(4)21-9-23-61(57,58)59/h5-7,10-19,24-30H,8-9,20-23H2,1-4H3,(H2-,48,49,50,52,56,57,58,59). The molecule has 3 heterocycles. The molecule has 310 valence electrons. The van der Waals surface area contributed by atoms with Crippen LogP contribution in [-0.2, 0) is 16.7 Å². The number of imidazole rings is 1. The van der Waals surface area contributed by atoms with Crippen molar-refractivity contribution in [2.45, 2.75) is 26.3 Å². The molecule has 0 unspecified atom stereocenters. The summed E-state index contributed by atoms with van der Waals surface area (Å²) in [5.74, 6) is 0.831. The molecule has 8 rings (SSSR count). The van der Waals surface area contributed by atoms with Crippen molar-refractivity contribution >= 4 is 55.1 Å². The van der Waals surface area contributed by atoms with Gasteiger partial charge in [0.2, 0.25) is 5.36 Å². The van der Waals surface area contributed by atoms with Gasteiger partial charge in [-0.05, 0) is 79.1 Å². The van der Waals surface area contributed by atoms with Gasteiger partial charge in [-0.15, -0.1) is 0 Å². The van der Waals surface area contributed by atoms with Crippen LogP contribution in [-0.4, -0.2) is 78.4 Å². The second-order valence-corrected chi connectivity index (χ2v) is 16.9. The van der Waals surface area contributed by atoms with Crippen LogP contribution < -0.4 is 25.5 Å². The van der Waals surface area contributed by atoms with Crippen molar-refractivity contribution in [2.24, 2.45) is 0 Å². The Morgan fingerprint density at radius 3 is 2.54 bits per heavy atom. The van der Waals surface area contributed by atoms with Crippen LogP contribution in [0.15, 0.2) is 126 Å². The van der Waals surface area contributed by atoms with Crippen LogP contribution in [0.2, 0.25) is 0 Å². The highest BCUT2D eigenvalue weighted by Crippen LogP contribution is 2.42. The number of hydrogen-bond acceptors (Lipinski definition) is 10. The van der Waals surface area contributed by atoms with Gasteiger partial charge in [-0.1, -0.05) is 30.3 Å². The van der Waals surface area contributed by atoms with Crippen LogP contribution in [0.3, 0.4) is 0 Å². The van der Waals surface area contributed by atoms with E-state index in [-0.39, 0.29) is 12.3 Å². The maximum atomic E-state index is 13.4. The lowest BCUT2D eigenvalue weighted by molar-refractivity contribution is 0.0952. The van der Waals surface area contributed by atoms with E-state index in [0.717, 1.165) is 78.8 Å². The molecule has 14 heteroatoms. The number of carbonyl (C=O) groups excluding carboxylic acids is 1. The molecule has 0 radical (unpaired) electrons. The predicted molar refractivity (Wildman–Crippen MR) is 240 cm³/mol. The fourth-order valence-electron chi connectivity index (χ4n) is 7.56. The summed E-state index contributed by atoms with van der Waals surface area (Å²) in [5, 5.41) is 9.22. The number of nitrogens with zero attached hydrogens (tertiary/aromatic N) is 6. The second kappa shape index (κ2) is 17.4. The van der Waals surface area contributed by atoms with Gasteiger partial charge in [0.25, 0.3) is 5.91 Å². The van der Waals surface area contributed by atoms with E-state index in [0.29, 0.717) is 36.5 Å². The molecule has 1 aliphatic heterocycles. The molecule has 0 atom stereocenters. The molecule has 13 nitrogen and oxygen atoms in total. The first kappa shape index (κ1) is 40.9. The number of aromatic nitrogens is 4. The lowest BCUT2D eigenvalue weighted by Gasteiger charge is -2.19. The highest BCUT2D eigenvalue weighted by Gasteiger charge is 2.21. The predicted octanol–water partition coefficient (Wildman–Crippen LogP) is 7.29. The number of anilines is 3. The second-order valence-electron chi connectivity index (χ2n) is 15.4. The van der Waals surface area contributed by atoms with Crippen LogP contribution >= 0.6 is 0 Å². The third-order valence-electron chi connectivity index (χ3n) is 10.8. The van der Waals surface area contributed by atoms with Gasteiger partial charge in [-0.2, -0.15) is 0 Å². The normalized spacial score (nSPS) is 12.2. The van der Waals surface area contributed by atoms with E-state index in [1.54, 1.807) is 6.33 Å². The number of benzene rings is 5. The third kappa shape index (κ3) is 9.30. The first-order valence-electron chi connectivity index (χ1n) is 20.0. The van der Waals surface area contributed by atoms with Crippen molar-refractivity contribution in [1.82, 2.24) is 29.4 Å². The van der Waals surface area contributed by atoms with E-state index in [9.17, 15) is 17.8 Å².